The zero-order chi connectivity index (χ0) is 26.2. The second-order valence-electron chi connectivity index (χ2n) is 10.3. The highest BCUT2D eigenvalue weighted by atomic mass is 16.5. The van der Waals surface area contributed by atoms with E-state index in [9.17, 15) is 9.59 Å². The lowest BCUT2D eigenvalue weighted by Crippen LogP contribution is -2.53. The maximum absolute atomic E-state index is 13.8. The van der Waals surface area contributed by atoms with Crippen LogP contribution in [0.25, 0.3) is 0 Å². The molecule has 1 saturated carbocycles. The monoisotopic (exact) mass is 498 g/mol. The molecule has 0 spiro atoms. The Hall–Kier alpha value is -3.60. The van der Waals surface area contributed by atoms with E-state index in [-0.39, 0.29) is 24.5 Å². The third-order valence-electron chi connectivity index (χ3n) is 7.10. The van der Waals surface area contributed by atoms with Crippen LogP contribution in [0.5, 0.6) is 5.75 Å². The maximum Gasteiger partial charge on any atom is 0.261 e. The van der Waals surface area contributed by atoms with E-state index < -0.39 is 6.04 Å². The molecule has 0 bridgehead atoms. The van der Waals surface area contributed by atoms with Crippen molar-refractivity contribution >= 4 is 11.8 Å². The molecule has 194 valence electrons. The molecule has 1 atom stereocenters. The summed E-state index contributed by atoms with van der Waals surface area (Å²) in [6.07, 6.45) is 4.69. The second kappa shape index (κ2) is 12.6. The predicted molar refractivity (Wildman–Crippen MR) is 147 cm³/mol. The molecular weight excluding hydrogens is 460 g/mol. The zero-order valence-corrected chi connectivity index (χ0v) is 22.2. The Morgan fingerprint density at radius 1 is 0.892 bits per heavy atom. The molecular formula is C32H38N2O3. The first-order valence-corrected chi connectivity index (χ1v) is 13.3. The number of nitrogens with zero attached hydrogens (tertiary/aromatic N) is 1. The molecule has 3 aromatic carbocycles. The maximum atomic E-state index is 13.8. The van der Waals surface area contributed by atoms with Gasteiger partial charge in [0.15, 0.2) is 6.61 Å². The van der Waals surface area contributed by atoms with Crippen molar-refractivity contribution in [2.75, 3.05) is 6.61 Å². The van der Waals surface area contributed by atoms with Gasteiger partial charge in [-0.25, -0.2) is 0 Å². The lowest BCUT2D eigenvalue weighted by atomic mass is 10.0. The van der Waals surface area contributed by atoms with Gasteiger partial charge in [0.1, 0.15) is 11.8 Å². The third-order valence-corrected chi connectivity index (χ3v) is 7.10. The number of benzene rings is 3. The number of hydrogen-bond acceptors (Lipinski definition) is 3. The van der Waals surface area contributed by atoms with Crippen molar-refractivity contribution in [3.63, 3.8) is 0 Å². The quantitative estimate of drug-likeness (QED) is 0.391. The summed E-state index contributed by atoms with van der Waals surface area (Å²) in [5, 5.41) is 3.25. The normalized spacial score (nSPS) is 14.2. The number of carbonyl (C=O) groups is 2. The molecule has 5 nitrogen and oxygen atoms in total. The van der Waals surface area contributed by atoms with Gasteiger partial charge in [0.2, 0.25) is 5.91 Å². The molecule has 4 rings (SSSR count). The van der Waals surface area contributed by atoms with Crippen molar-refractivity contribution in [2.45, 2.75) is 71.5 Å². The summed E-state index contributed by atoms with van der Waals surface area (Å²) in [6, 6.07) is 23.5. The molecule has 0 heterocycles. The molecule has 0 aromatic heterocycles. The summed E-state index contributed by atoms with van der Waals surface area (Å²) in [5.41, 5.74) is 5.18. The van der Waals surface area contributed by atoms with Crippen molar-refractivity contribution in [3.05, 3.63) is 101 Å². The molecule has 2 amide bonds. The Morgan fingerprint density at radius 3 is 2.32 bits per heavy atom. The minimum Gasteiger partial charge on any atom is -0.483 e. The van der Waals surface area contributed by atoms with Gasteiger partial charge in [-0.1, -0.05) is 85.1 Å². The lowest BCUT2D eigenvalue weighted by Gasteiger charge is -2.32. The summed E-state index contributed by atoms with van der Waals surface area (Å²) in [7, 11) is 0. The summed E-state index contributed by atoms with van der Waals surface area (Å²) >= 11 is 0. The van der Waals surface area contributed by atoms with E-state index in [1.54, 1.807) is 4.90 Å². The van der Waals surface area contributed by atoms with Gasteiger partial charge in [0.05, 0.1) is 0 Å². The minimum atomic E-state index is -0.641. The number of ether oxygens (including phenoxy) is 1. The fourth-order valence-corrected chi connectivity index (χ4v) is 5.01. The highest BCUT2D eigenvalue weighted by molar-refractivity contribution is 5.88. The Morgan fingerprint density at radius 2 is 1.59 bits per heavy atom. The van der Waals surface area contributed by atoms with E-state index in [1.807, 2.05) is 87.5 Å². The molecule has 0 unspecified atom stereocenters. The smallest absolute Gasteiger partial charge is 0.261 e. The van der Waals surface area contributed by atoms with Gasteiger partial charge in [-0.2, -0.15) is 0 Å². The van der Waals surface area contributed by atoms with E-state index in [0.29, 0.717) is 18.7 Å². The van der Waals surface area contributed by atoms with Gasteiger partial charge in [-0.15, -0.1) is 0 Å². The Labute approximate surface area is 220 Å². The van der Waals surface area contributed by atoms with Crippen LogP contribution in [0.1, 0.15) is 53.5 Å². The second-order valence-corrected chi connectivity index (χ2v) is 10.3. The van der Waals surface area contributed by atoms with Gasteiger partial charge in [0, 0.05) is 19.0 Å². The summed E-state index contributed by atoms with van der Waals surface area (Å²) in [4.78, 5) is 29.2. The molecule has 1 aliphatic rings. The summed E-state index contributed by atoms with van der Waals surface area (Å²) in [6.45, 7) is 6.22. The average Bonchev–Trinajstić information content (AvgIpc) is 3.40. The van der Waals surface area contributed by atoms with Crippen molar-refractivity contribution in [2.24, 2.45) is 0 Å². The van der Waals surface area contributed by atoms with E-state index >= 15 is 0 Å². The Kier molecular flexibility index (Phi) is 8.99. The van der Waals surface area contributed by atoms with Gasteiger partial charge in [-0.3, -0.25) is 9.59 Å². The first kappa shape index (κ1) is 26.5. The fourth-order valence-electron chi connectivity index (χ4n) is 5.01. The van der Waals surface area contributed by atoms with Gasteiger partial charge >= 0.3 is 0 Å². The number of carbonyl (C=O) groups excluding carboxylic acids is 2. The number of nitrogens with one attached hydrogen (secondary N) is 1. The standard InChI is InChI=1S/C32H38N2O3/c1-23-10-9-13-27(18-23)21-34(31(35)22-37-30-19-24(2)16-17-25(30)3)29(20-26-11-5-4-6-12-26)32(36)33-28-14-7-8-15-28/h4-6,9-13,16-19,28-29H,7-8,14-15,20-22H2,1-3H3,(H,33,36)/t29-/m1/s1. The van der Waals surface area contributed by atoms with Crippen LogP contribution in [-0.4, -0.2) is 35.4 Å². The molecule has 1 fully saturated rings. The molecule has 1 N–H and O–H groups in total. The number of amides is 2. The Bertz CT molecular complexity index is 1200. The van der Waals surface area contributed by atoms with Crippen molar-refractivity contribution in [1.29, 1.82) is 0 Å². The average molecular weight is 499 g/mol. The molecule has 0 radical (unpaired) electrons. The van der Waals surface area contributed by atoms with Crippen LogP contribution in [-0.2, 0) is 22.6 Å². The van der Waals surface area contributed by atoms with Crippen molar-refractivity contribution in [3.8, 4) is 5.75 Å². The topological polar surface area (TPSA) is 58.6 Å². The van der Waals surface area contributed by atoms with E-state index in [4.69, 9.17) is 4.74 Å². The van der Waals surface area contributed by atoms with Crippen LogP contribution in [0.2, 0.25) is 0 Å². The molecule has 37 heavy (non-hydrogen) atoms. The fraction of sp³-hybridized carbons (Fsp3) is 0.375. The summed E-state index contributed by atoms with van der Waals surface area (Å²) < 4.78 is 6.01. The minimum absolute atomic E-state index is 0.0940. The number of hydrogen-bond donors (Lipinski definition) is 1. The van der Waals surface area contributed by atoms with Crippen LogP contribution in [0, 0.1) is 20.8 Å². The SMILES string of the molecule is Cc1cccc(CN(C(=O)COc2cc(C)ccc2C)[C@H](Cc2ccccc2)C(=O)NC2CCCC2)c1. The highest BCUT2D eigenvalue weighted by Crippen LogP contribution is 2.22. The zero-order valence-electron chi connectivity index (χ0n) is 22.2. The van der Waals surface area contributed by atoms with Crippen LogP contribution in [0.4, 0.5) is 0 Å². The molecule has 1 aliphatic carbocycles. The largest absolute Gasteiger partial charge is 0.483 e. The molecule has 0 saturated heterocycles. The van der Waals surface area contributed by atoms with Crippen LogP contribution < -0.4 is 10.1 Å². The third kappa shape index (κ3) is 7.45. The highest BCUT2D eigenvalue weighted by Gasteiger charge is 2.32. The number of rotatable bonds is 10. The summed E-state index contributed by atoms with van der Waals surface area (Å²) in [5.74, 6) is 0.396. The first-order chi connectivity index (χ1) is 17.9. The van der Waals surface area contributed by atoms with E-state index in [2.05, 4.69) is 11.4 Å². The molecule has 3 aromatic rings. The van der Waals surface area contributed by atoms with Crippen LogP contribution in [0.3, 0.4) is 0 Å². The van der Waals surface area contributed by atoms with Gasteiger partial charge in [0.25, 0.3) is 5.91 Å². The van der Waals surface area contributed by atoms with E-state index in [1.165, 1.54) is 0 Å². The Balaban J connectivity index is 1.62. The van der Waals surface area contributed by atoms with Gasteiger partial charge < -0.3 is 15.0 Å². The molecule has 5 heteroatoms. The van der Waals surface area contributed by atoms with Crippen LogP contribution in [0.15, 0.2) is 72.8 Å². The predicted octanol–water partition coefficient (Wildman–Crippen LogP) is 5.69. The van der Waals surface area contributed by atoms with Crippen LogP contribution >= 0.6 is 0 Å². The van der Waals surface area contributed by atoms with Crippen molar-refractivity contribution < 1.29 is 14.3 Å². The van der Waals surface area contributed by atoms with Gasteiger partial charge in [-0.05, 0) is 61.9 Å². The molecule has 0 aliphatic heterocycles. The number of aryl methyl sites for hydroxylation is 3. The first-order valence-electron chi connectivity index (χ1n) is 13.3. The van der Waals surface area contributed by atoms with E-state index in [0.717, 1.165) is 53.5 Å². The lowest BCUT2D eigenvalue weighted by molar-refractivity contribution is -0.143. The van der Waals surface area contributed by atoms with Crippen molar-refractivity contribution in [1.82, 2.24) is 10.2 Å².